The summed E-state index contributed by atoms with van der Waals surface area (Å²) in [7, 11) is -3.46. The molecule has 4 rings (SSSR count). The molecule has 11 heteroatoms. The number of hydrogen-bond acceptors (Lipinski definition) is 4. The summed E-state index contributed by atoms with van der Waals surface area (Å²) in [6, 6.07) is 14.4. The van der Waals surface area contributed by atoms with Gasteiger partial charge in [-0.15, -0.1) is 0 Å². The van der Waals surface area contributed by atoms with Crippen LogP contribution in [0.15, 0.2) is 48.5 Å². The minimum atomic E-state index is -5.08. The van der Waals surface area contributed by atoms with Crippen LogP contribution in [-0.2, 0) is 26.1 Å². The Hall–Kier alpha value is -2.66. The van der Waals surface area contributed by atoms with Gasteiger partial charge in [0.15, 0.2) is 0 Å². The van der Waals surface area contributed by atoms with Gasteiger partial charge in [-0.25, -0.2) is 17.6 Å². The van der Waals surface area contributed by atoms with Gasteiger partial charge in [-0.05, 0) is 48.1 Å². The number of aliphatic carboxylic acids is 1. The van der Waals surface area contributed by atoms with E-state index < -0.39 is 26.9 Å². The Kier molecular flexibility index (Phi) is 7.80. The lowest BCUT2D eigenvalue weighted by molar-refractivity contribution is -0.192. The predicted octanol–water partition coefficient (Wildman–Crippen LogP) is 4.76. The molecule has 2 aromatic carbocycles. The van der Waals surface area contributed by atoms with E-state index in [9.17, 15) is 26.0 Å². The molecular formula is C24H28F4N2O4S. The fraction of sp³-hybridized carbons (Fsp3) is 0.458. The molecular weight excluding hydrogens is 488 g/mol. The number of nitrogens with zero attached hydrogens (tertiary/aromatic N) is 2. The number of benzene rings is 2. The van der Waals surface area contributed by atoms with Crippen molar-refractivity contribution in [3.63, 3.8) is 0 Å². The lowest BCUT2D eigenvalue weighted by Gasteiger charge is -2.39. The number of likely N-dealkylation sites (tertiary alicyclic amines) is 1. The molecule has 0 unspecified atom stereocenters. The van der Waals surface area contributed by atoms with Crippen LogP contribution in [0.4, 0.5) is 23.2 Å². The van der Waals surface area contributed by atoms with Crippen LogP contribution in [0.25, 0.3) is 0 Å². The van der Waals surface area contributed by atoms with Gasteiger partial charge >= 0.3 is 12.1 Å². The van der Waals surface area contributed by atoms with E-state index in [0.717, 1.165) is 16.8 Å². The summed E-state index contributed by atoms with van der Waals surface area (Å²) in [4.78, 5) is 11.1. The summed E-state index contributed by atoms with van der Waals surface area (Å²) in [6.07, 6.45) is -3.95. The van der Waals surface area contributed by atoms with Gasteiger partial charge in [0.1, 0.15) is 10.6 Å². The number of carbonyl (C=O) groups is 1. The molecule has 2 heterocycles. The molecule has 1 N–H and O–H groups in total. The van der Waals surface area contributed by atoms with E-state index in [1.807, 2.05) is 44.2 Å². The van der Waals surface area contributed by atoms with E-state index in [-0.39, 0.29) is 11.7 Å². The molecule has 0 amide bonds. The fourth-order valence-electron chi connectivity index (χ4n) is 4.58. The van der Waals surface area contributed by atoms with Crippen LogP contribution in [0.2, 0.25) is 0 Å². The molecule has 1 spiro atoms. The first-order valence-corrected chi connectivity index (χ1v) is 12.6. The molecule has 0 aliphatic carbocycles. The van der Waals surface area contributed by atoms with E-state index in [0.29, 0.717) is 39.0 Å². The summed E-state index contributed by atoms with van der Waals surface area (Å²) in [5, 5.41) is 7.12. The minimum absolute atomic E-state index is 0.234. The van der Waals surface area contributed by atoms with Gasteiger partial charge in [0, 0.05) is 26.2 Å². The summed E-state index contributed by atoms with van der Waals surface area (Å²) in [5.74, 6) is -2.74. The quantitative estimate of drug-likeness (QED) is 0.594. The van der Waals surface area contributed by atoms with Crippen molar-refractivity contribution in [2.24, 2.45) is 5.92 Å². The number of anilines is 1. The third-order valence-electron chi connectivity index (χ3n) is 6.18. The molecule has 35 heavy (non-hydrogen) atoms. The highest BCUT2D eigenvalue weighted by Gasteiger charge is 2.56. The Morgan fingerprint density at radius 3 is 2.23 bits per heavy atom. The Morgan fingerprint density at radius 2 is 1.69 bits per heavy atom. The van der Waals surface area contributed by atoms with Crippen molar-refractivity contribution in [1.82, 2.24) is 4.90 Å². The molecule has 1 fully saturated rings. The van der Waals surface area contributed by atoms with Crippen molar-refractivity contribution in [3.8, 4) is 0 Å². The number of sulfonamides is 1. The van der Waals surface area contributed by atoms with Crippen LogP contribution >= 0.6 is 0 Å². The molecule has 2 aliphatic rings. The first-order chi connectivity index (χ1) is 16.3. The van der Waals surface area contributed by atoms with Gasteiger partial charge in [0.05, 0.1) is 5.69 Å². The van der Waals surface area contributed by atoms with E-state index in [1.165, 1.54) is 6.07 Å². The predicted molar refractivity (Wildman–Crippen MR) is 124 cm³/mol. The van der Waals surface area contributed by atoms with Crippen molar-refractivity contribution >= 4 is 21.7 Å². The first kappa shape index (κ1) is 26.9. The number of alkyl halides is 3. The maximum atomic E-state index is 13.6. The standard InChI is InChI=1S/C22H27FN2O2S.C2HF3O2/c1-17(2)15-25-21-9-4-3-8-20(21)22(28(25,26)27)10-12-24(13-11-22)16-18-6-5-7-19(23)14-18;3-2(4,5)1(6)7/h3-9,14,17H,10-13,15-16H2,1-2H3;(H,6,7). The molecule has 0 aromatic heterocycles. The van der Waals surface area contributed by atoms with Crippen LogP contribution in [0.1, 0.15) is 37.8 Å². The maximum absolute atomic E-state index is 13.6. The van der Waals surface area contributed by atoms with Crippen LogP contribution < -0.4 is 4.31 Å². The van der Waals surface area contributed by atoms with Crippen LogP contribution in [-0.4, -0.2) is 50.2 Å². The van der Waals surface area contributed by atoms with Gasteiger partial charge in [0.25, 0.3) is 0 Å². The average Bonchev–Trinajstić information content (AvgIpc) is 2.94. The van der Waals surface area contributed by atoms with Crippen molar-refractivity contribution in [3.05, 3.63) is 65.5 Å². The minimum Gasteiger partial charge on any atom is -0.475 e. The highest BCUT2D eigenvalue weighted by Crippen LogP contribution is 2.52. The SMILES string of the molecule is CC(C)CN1c2ccccc2C2(CCN(Cc3cccc(F)c3)CC2)S1(=O)=O.O=C(O)C(F)(F)F. The number of piperidine rings is 1. The number of fused-ring (bicyclic) bond motifs is 2. The molecule has 0 radical (unpaired) electrons. The van der Waals surface area contributed by atoms with Gasteiger partial charge in [-0.1, -0.05) is 44.2 Å². The van der Waals surface area contributed by atoms with Crippen LogP contribution in [0.5, 0.6) is 0 Å². The molecule has 2 aliphatic heterocycles. The number of carboxylic acids is 1. The summed E-state index contributed by atoms with van der Waals surface area (Å²) < 4.78 is 73.3. The van der Waals surface area contributed by atoms with E-state index in [4.69, 9.17) is 9.90 Å². The molecule has 192 valence electrons. The first-order valence-electron chi connectivity index (χ1n) is 11.2. The number of para-hydroxylation sites is 1. The van der Waals surface area contributed by atoms with Gasteiger partial charge in [0.2, 0.25) is 10.0 Å². The monoisotopic (exact) mass is 516 g/mol. The highest BCUT2D eigenvalue weighted by atomic mass is 32.2. The van der Waals surface area contributed by atoms with E-state index in [1.54, 1.807) is 16.4 Å². The number of hydrogen-bond donors (Lipinski definition) is 1. The van der Waals surface area contributed by atoms with Gasteiger partial charge in [-0.2, -0.15) is 13.2 Å². The normalized spacial score (nSPS) is 18.8. The lowest BCUT2D eigenvalue weighted by atomic mass is 9.87. The molecule has 0 atom stereocenters. The molecule has 1 saturated heterocycles. The van der Waals surface area contributed by atoms with E-state index >= 15 is 0 Å². The molecule has 0 bridgehead atoms. The average molecular weight is 517 g/mol. The largest absolute Gasteiger partial charge is 0.490 e. The van der Waals surface area contributed by atoms with Crippen LogP contribution in [0, 0.1) is 11.7 Å². The van der Waals surface area contributed by atoms with Crippen LogP contribution in [0.3, 0.4) is 0 Å². The second-order valence-electron chi connectivity index (χ2n) is 9.15. The second-order valence-corrected chi connectivity index (χ2v) is 11.3. The summed E-state index contributed by atoms with van der Waals surface area (Å²) >= 11 is 0. The third kappa shape index (κ3) is 5.61. The van der Waals surface area contributed by atoms with Crippen molar-refractivity contribution in [1.29, 1.82) is 0 Å². The number of carboxylic acid groups (broad SMARTS) is 1. The lowest BCUT2D eigenvalue weighted by Crippen LogP contribution is -2.48. The smallest absolute Gasteiger partial charge is 0.475 e. The fourth-order valence-corrected chi connectivity index (χ4v) is 7.06. The highest BCUT2D eigenvalue weighted by molar-refractivity contribution is 7.94. The van der Waals surface area contributed by atoms with Crippen molar-refractivity contribution in [2.45, 2.75) is 44.2 Å². The number of halogens is 4. The molecule has 0 saturated carbocycles. The van der Waals surface area contributed by atoms with Crippen molar-refractivity contribution < 1.29 is 35.9 Å². The Morgan fingerprint density at radius 1 is 1.09 bits per heavy atom. The summed E-state index contributed by atoms with van der Waals surface area (Å²) in [6.45, 7) is 6.61. The van der Waals surface area contributed by atoms with Crippen molar-refractivity contribution in [2.75, 3.05) is 23.9 Å². The molecule has 2 aromatic rings. The topological polar surface area (TPSA) is 77.9 Å². The Balaban J connectivity index is 0.000000429. The van der Waals surface area contributed by atoms with Gasteiger partial charge < -0.3 is 5.11 Å². The number of rotatable bonds is 4. The Bertz CT molecular complexity index is 1160. The zero-order valence-electron chi connectivity index (χ0n) is 19.4. The second kappa shape index (κ2) is 10.1. The van der Waals surface area contributed by atoms with E-state index in [2.05, 4.69) is 4.90 Å². The molecule has 6 nitrogen and oxygen atoms in total. The zero-order valence-corrected chi connectivity index (χ0v) is 20.2. The third-order valence-corrected chi connectivity index (χ3v) is 8.72. The van der Waals surface area contributed by atoms with Gasteiger partial charge in [-0.3, -0.25) is 9.21 Å². The maximum Gasteiger partial charge on any atom is 0.490 e. The Labute approximate surface area is 202 Å². The summed E-state index contributed by atoms with van der Waals surface area (Å²) in [5.41, 5.74) is 2.71. The zero-order chi connectivity index (χ0) is 26.0.